The number of amides is 1. The molecule has 2 fully saturated rings. The van der Waals surface area contributed by atoms with Crippen LogP contribution < -0.4 is 5.32 Å². The summed E-state index contributed by atoms with van der Waals surface area (Å²) in [6, 6.07) is 6.57. The lowest BCUT2D eigenvalue weighted by molar-refractivity contribution is -0.140. The number of carbonyl (C=O) groups is 2. The number of carbonyl (C=O) groups excluding carboxylic acids is 1. The Kier molecular flexibility index (Phi) is 5.32. The summed E-state index contributed by atoms with van der Waals surface area (Å²) in [5.41, 5.74) is -0.569. The van der Waals surface area contributed by atoms with Crippen molar-refractivity contribution >= 4 is 11.9 Å². The Balaban J connectivity index is 1.55. The Morgan fingerprint density at radius 3 is 2.50 bits per heavy atom. The fraction of sp³-hybridized carbons (Fsp3) is 0.600. The molecule has 2 saturated carbocycles. The van der Waals surface area contributed by atoms with Crippen molar-refractivity contribution in [1.29, 1.82) is 0 Å². The van der Waals surface area contributed by atoms with E-state index < -0.39 is 11.4 Å². The van der Waals surface area contributed by atoms with E-state index in [0.29, 0.717) is 11.5 Å². The van der Waals surface area contributed by atoms with Crippen molar-refractivity contribution in [3.8, 4) is 0 Å². The van der Waals surface area contributed by atoms with Gasteiger partial charge in [0, 0.05) is 24.2 Å². The fourth-order valence-corrected chi connectivity index (χ4v) is 3.61. The quantitative estimate of drug-likeness (QED) is 0.746. The standard InChI is InChI=1S/C20H27FN2O3/c1-20(2,16-5-3-4-6-17(16)21)19(26)22-14-9-15(10-14)23(12-18(24)25)11-13-7-8-13/h3-6,13-15H,7-12H2,1-2H3,(H,22,26)(H,24,25). The van der Waals surface area contributed by atoms with Crippen LogP contribution in [0.3, 0.4) is 0 Å². The molecule has 0 aliphatic heterocycles. The van der Waals surface area contributed by atoms with Crippen LogP contribution in [0.5, 0.6) is 0 Å². The molecule has 0 atom stereocenters. The highest BCUT2D eigenvalue weighted by Crippen LogP contribution is 2.34. The van der Waals surface area contributed by atoms with E-state index in [0.717, 1.165) is 19.4 Å². The Morgan fingerprint density at radius 2 is 1.92 bits per heavy atom. The molecule has 2 N–H and O–H groups in total. The van der Waals surface area contributed by atoms with Crippen LogP contribution in [0.2, 0.25) is 0 Å². The van der Waals surface area contributed by atoms with Crippen molar-refractivity contribution in [3.63, 3.8) is 0 Å². The van der Waals surface area contributed by atoms with Crippen LogP contribution in [0.1, 0.15) is 45.1 Å². The summed E-state index contributed by atoms with van der Waals surface area (Å²) in [6.45, 7) is 4.34. The molecule has 1 aromatic rings. The zero-order valence-corrected chi connectivity index (χ0v) is 15.4. The molecule has 2 aliphatic rings. The van der Waals surface area contributed by atoms with E-state index in [2.05, 4.69) is 5.32 Å². The van der Waals surface area contributed by atoms with E-state index in [9.17, 15) is 14.0 Å². The Morgan fingerprint density at radius 1 is 1.27 bits per heavy atom. The molecule has 0 saturated heterocycles. The summed E-state index contributed by atoms with van der Waals surface area (Å²) in [4.78, 5) is 25.8. The summed E-state index contributed by atoms with van der Waals surface area (Å²) < 4.78 is 14.1. The average Bonchev–Trinajstić information content (AvgIpc) is 3.33. The Bertz CT molecular complexity index is 681. The highest BCUT2D eigenvalue weighted by atomic mass is 19.1. The van der Waals surface area contributed by atoms with E-state index in [1.807, 2.05) is 4.90 Å². The largest absolute Gasteiger partial charge is 0.480 e. The zero-order valence-electron chi connectivity index (χ0n) is 15.4. The maximum atomic E-state index is 14.1. The normalized spacial score (nSPS) is 22.8. The van der Waals surface area contributed by atoms with Gasteiger partial charge < -0.3 is 10.4 Å². The molecule has 0 aromatic heterocycles. The van der Waals surface area contributed by atoms with Gasteiger partial charge in [-0.1, -0.05) is 18.2 Å². The lowest BCUT2D eigenvalue weighted by atomic mass is 9.80. The van der Waals surface area contributed by atoms with Crippen molar-refractivity contribution < 1.29 is 19.1 Å². The van der Waals surface area contributed by atoms with Gasteiger partial charge in [0.2, 0.25) is 5.91 Å². The van der Waals surface area contributed by atoms with Crippen molar-refractivity contribution in [3.05, 3.63) is 35.6 Å². The minimum Gasteiger partial charge on any atom is -0.480 e. The van der Waals surface area contributed by atoms with Crippen molar-refractivity contribution in [1.82, 2.24) is 10.2 Å². The number of rotatable bonds is 8. The van der Waals surface area contributed by atoms with Gasteiger partial charge in [-0.05, 0) is 51.5 Å². The second-order valence-electron chi connectivity index (χ2n) is 8.17. The van der Waals surface area contributed by atoms with Crippen LogP contribution in [0.15, 0.2) is 24.3 Å². The van der Waals surface area contributed by atoms with E-state index in [4.69, 9.17) is 5.11 Å². The van der Waals surface area contributed by atoms with Crippen LogP contribution in [-0.2, 0) is 15.0 Å². The molecule has 1 aromatic carbocycles. The average molecular weight is 362 g/mol. The van der Waals surface area contributed by atoms with Gasteiger partial charge >= 0.3 is 5.97 Å². The number of hydrogen-bond donors (Lipinski definition) is 2. The van der Waals surface area contributed by atoms with Gasteiger partial charge in [0.05, 0.1) is 12.0 Å². The zero-order chi connectivity index (χ0) is 18.9. The molecule has 2 aliphatic carbocycles. The first kappa shape index (κ1) is 18.8. The molecule has 1 amide bonds. The molecule has 26 heavy (non-hydrogen) atoms. The first-order valence-electron chi connectivity index (χ1n) is 9.29. The minimum absolute atomic E-state index is 0.0223. The number of carboxylic acid groups (broad SMARTS) is 1. The predicted molar refractivity (Wildman–Crippen MR) is 96.3 cm³/mol. The molecular weight excluding hydrogens is 335 g/mol. The summed E-state index contributed by atoms with van der Waals surface area (Å²) >= 11 is 0. The smallest absolute Gasteiger partial charge is 0.317 e. The van der Waals surface area contributed by atoms with Gasteiger partial charge in [0.1, 0.15) is 5.82 Å². The van der Waals surface area contributed by atoms with Crippen molar-refractivity contribution in [2.45, 2.75) is 57.0 Å². The van der Waals surface area contributed by atoms with Crippen LogP contribution in [0, 0.1) is 11.7 Å². The van der Waals surface area contributed by atoms with Gasteiger partial charge in [-0.25, -0.2) is 4.39 Å². The first-order chi connectivity index (χ1) is 12.3. The first-order valence-corrected chi connectivity index (χ1v) is 9.29. The summed E-state index contributed by atoms with van der Waals surface area (Å²) in [7, 11) is 0. The third-order valence-electron chi connectivity index (χ3n) is 5.61. The number of nitrogens with one attached hydrogen (secondary N) is 1. The number of aliphatic carboxylic acids is 1. The van der Waals surface area contributed by atoms with Crippen LogP contribution in [-0.4, -0.2) is 47.1 Å². The van der Waals surface area contributed by atoms with Crippen LogP contribution in [0.25, 0.3) is 0 Å². The molecule has 0 unspecified atom stereocenters. The molecule has 3 rings (SSSR count). The van der Waals surface area contributed by atoms with Crippen molar-refractivity contribution in [2.24, 2.45) is 5.92 Å². The Hall–Kier alpha value is -1.95. The predicted octanol–water partition coefficient (Wildman–Crippen LogP) is 2.55. The number of hydrogen-bond acceptors (Lipinski definition) is 3. The van der Waals surface area contributed by atoms with Gasteiger partial charge in [-0.15, -0.1) is 0 Å². The lowest BCUT2D eigenvalue weighted by Crippen LogP contribution is -2.57. The molecule has 142 valence electrons. The van der Waals surface area contributed by atoms with Crippen LogP contribution in [0.4, 0.5) is 4.39 Å². The summed E-state index contributed by atoms with van der Waals surface area (Å²) in [5.74, 6) is -0.754. The highest BCUT2D eigenvalue weighted by molar-refractivity contribution is 5.87. The summed E-state index contributed by atoms with van der Waals surface area (Å²) in [5, 5.41) is 12.1. The third kappa shape index (κ3) is 4.23. The topological polar surface area (TPSA) is 69.6 Å². The van der Waals surface area contributed by atoms with Gasteiger partial charge in [0.15, 0.2) is 0 Å². The number of benzene rings is 1. The van der Waals surface area contributed by atoms with Gasteiger partial charge in [0.25, 0.3) is 0 Å². The maximum Gasteiger partial charge on any atom is 0.317 e. The van der Waals surface area contributed by atoms with Crippen molar-refractivity contribution in [2.75, 3.05) is 13.1 Å². The second kappa shape index (κ2) is 7.35. The van der Waals surface area contributed by atoms with E-state index in [1.54, 1.807) is 32.0 Å². The number of carboxylic acids is 1. The van der Waals surface area contributed by atoms with Gasteiger partial charge in [-0.3, -0.25) is 14.5 Å². The number of nitrogens with zero attached hydrogens (tertiary/aromatic N) is 1. The molecule has 5 nitrogen and oxygen atoms in total. The SMILES string of the molecule is CC(C)(C(=O)NC1CC(N(CC(=O)O)CC2CC2)C1)c1ccccc1F. The van der Waals surface area contributed by atoms with Crippen LogP contribution >= 0.6 is 0 Å². The molecular formula is C20H27FN2O3. The molecule has 0 spiro atoms. The van der Waals surface area contributed by atoms with E-state index >= 15 is 0 Å². The Labute approximate surface area is 153 Å². The monoisotopic (exact) mass is 362 g/mol. The lowest BCUT2D eigenvalue weighted by Gasteiger charge is -2.43. The molecule has 6 heteroatoms. The highest BCUT2D eigenvalue weighted by Gasteiger charge is 2.40. The fourth-order valence-electron chi connectivity index (χ4n) is 3.61. The van der Waals surface area contributed by atoms with Gasteiger partial charge in [-0.2, -0.15) is 0 Å². The maximum absolute atomic E-state index is 14.1. The van der Waals surface area contributed by atoms with E-state index in [1.165, 1.54) is 18.9 Å². The minimum atomic E-state index is -0.953. The molecule has 0 heterocycles. The third-order valence-corrected chi connectivity index (χ3v) is 5.61. The molecule has 0 radical (unpaired) electrons. The second-order valence-corrected chi connectivity index (χ2v) is 8.17. The number of halogens is 1. The van der Waals surface area contributed by atoms with E-state index in [-0.39, 0.29) is 30.4 Å². The summed E-state index contributed by atoms with van der Waals surface area (Å²) in [6.07, 6.45) is 3.86. The molecule has 0 bridgehead atoms.